The number of nitrogens with one attached hydrogen (secondary N) is 2. The number of hydrogen-bond acceptors (Lipinski definition) is 15. The van der Waals surface area contributed by atoms with Crippen LogP contribution in [0.3, 0.4) is 0 Å². The zero-order valence-electron chi connectivity index (χ0n) is 34.1. The third-order valence-corrected chi connectivity index (χ3v) is 14.2. The summed E-state index contributed by atoms with van der Waals surface area (Å²) in [6.45, 7) is 5.06. The number of rotatable bonds is 5. The van der Waals surface area contributed by atoms with Crippen molar-refractivity contribution >= 4 is 34.6 Å². The van der Waals surface area contributed by atoms with E-state index < -0.39 is 46.9 Å². The number of fused-ring (bicyclic) bond motifs is 8. The quantitative estimate of drug-likeness (QED) is 0.164. The van der Waals surface area contributed by atoms with E-state index in [2.05, 4.69) is 21.3 Å². The molecule has 59 heavy (non-hydrogen) atoms. The maximum atomic E-state index is 15.2. The Labute approximate surface area is 346 Å². The van der Waals surface area contributed by atoms with Gasteiger partial charge in [0, 0.05) is 70.9 Å². The summed E-state index contributed by atoms with van der Waals surface area (Å²) < 4.78 is 36.5. The second kappa shape index (κ2) is 14.5. The second-order valence-electron chi connectivity index (χ2n) is 16.2. The molecule has 7 atom stereocenters. The summed E-state index contributed by atoms with van der Waals surface area (Å²) in [6, 6.07) is 7.40. The molecular formula is C43H48N6O9S. The number of aromatic hydroxyl groups is 1. The van der Waals surface area contributed by atoms with Gasteiger partial charge in [0.1, 0.15) is 24.1 Å². The van der Waals surface area contributed by atoms with Gasteiger partial charge in [-0.2, -0.15) is 5.26 Å². The Morgan fingerprint density at radius 3 is 2.58 bits per heavy atom. The number of thioether (sulfide) groups is 1. The number of aromatic nitrogens is 1. The van der Waals surface area contributed by atoms with Gasteiger partial charge in [0.05, 0.1) is 43.3 Å². The van der Waals surface area contributed by atoms with E-state index in [-0.39, 0.29) is 43.9 Å². The molecule has 3 aromatic carbocycles. The Morgan fingerprint density at radius 2 is 1.88 bits per heavy atom. The van der Waals surface area contributed by atoms with Gasteiger partial charge in [-0.15, -0.1) is 11.8 Å². The number of esters is 2. The summed E-state index contributed by atoms with van der Waals surface area (Å²) >= 11 is 1.49. The molecule has 7 heterocycles. The number of benzene rings is 3. The average molecular weight is 825 g/mol. The highest BCUT2D eigenvalue weighted by Gasteiger charge is 2.58. The molecule has 0 saturated carbocycles. The van der Waals surface area contributed by atoms with Crippen LogP contribution in [0.1, 0.15) is 68.9 Å². The summed E-state index contributed by atoms with van der Waals surface area (Å²) in [5.74, 6) is 1.38. The van der Waals surface area contributed by atoms with Gasteiger partial charge < -0.3 is 49.1 Å². The number of methoxy groups -OCH3 is 2. The lowest BCUT2D eigenvalue weighted by Crippen LogP contribution is -2.63. The van der Waals surface area contributed by atoms with Crippen LogP contribution in [0.5, 0.6) is 34.5 Å². The first-order chi connectivity index (χ1) is 28.4. The number of carbonyl (C=O) groups excluding carboxylic acids is 2. The van der Waals surface area contributed by atoms with Crippen molar-refractivity contribution in [1.29, 1.82) is 5.26 Å². The van der Waals surface area contributed by atoms with E-state index in [0.717, 1.165) is 27.6 Å². The smallest absolute Gasteiger partial charge is 0.333 e. The zero-order chi connectivity index (χ0) is 41.7. The van der Waals surface area contributed by atoms with Crippen molar-refractivity contribution in [2.75, 3.05) is 54.0 Å². The molecule has 6 aliphatic heterocycles. The standard InChI is InChI=1S/C43H48N6O9S/c1-19-10-22-11-24(15-45)49-29-16-55-42(52)43(41-27(12-23(14-44)47-43)26-13-25(53-6)8-9-28(26)46-41)17-59-40(34(49)33(48(4)5)30(22)35(51)36(19)54-7)32-31(29)39-38(56-18-57-39)20(2)37(32)58-21(3)50/h8-10,13,23-24,29,33-34,40,46-47,51H,11-12,14,16-18,44H2,1-7H3/t23-,24?,29-,33+,34+,40+,43+/m0/s1. The summed E-state index contributed by atoms with van der Waals surface area (Å²) in [4.78, 5) is 36.0. The molecule has 4 aromatic rings. The van der Waals surface area contributed by atoms with Crippen LogP contribution in [-0.2, 0) is 32.7 Å². The molecule has 1 fully saturated rings. The van der Waals surface area contributed by atoms with Gasteiger partial charge in [-0.25, -0.2) is 4.79 Å². The molecule has 1 spiro atoms. The van der Waals surface area contributed by atoms with Crippen LogP contribution in [0, 0.1) is 25.2 Å². The molecule has 5 N–H and O–H groups in total. The minimum absolute atomic E-state index is 0.000728. The number of hydrogen-bond donors (Lipinski definition) is 4. The average Bonchev–Trinajstić information content (AvgIpc) is 3.82. The van der Waals surface area contributed by atoms with Crippen molar-refractivity contribution in [2.45, 2.75) is 74.6 Å². The number of H-pyrrole nitrogens is 1. The van der Waals surface area contributed by atoms with Crippen LogP contribution >= 0.6 is 11.8 Å². The number of phenols is 1. The van der Waals surface area contributed by atoms with E-state index in [0.29, 0.717) is 63.1 Å². The first-order valence-electron chi connectivity index (χ1n) is 19.7. The summed E-state index contributed by atoms with van der Waals surface area (Å²) in [5.41, 5.74) is 11.6. The molecule has 0 radical (unpaired) electrons. The van der Waals surface area contributed by atoms with Gasteiger partial charge in [0.2, 0.25) is 6.79 Å². The van der Waals surface area contributed by atoms with Gasteiger partial charge in [-0.05, 0) is 69.3 Å². The lowest BCUT2D eigenvalue weighted by atomic mass is 9.80. The lowest BCUT2D eigenvalue weighted by Gasteiger charge is -2.53. The maximum Gasteiger partial charge on any atom is 0.333 e. The molecule has 1 saturated heterocycles. The van der Waals surface area contributed by atoms with Crippen molar-refractivity contribution in [1.82, 2.24) is 20.1 Å². The first-order valence-corrected chi connectivity index (χ1v) is 20.7. The maximum absolute atomic E-state index is 15.2. The SMILES string of the molecule is COc1ccc2[nH]c3c(c2c1)C[C@@H](CN)N[C@]31CS[C@@H]2c3c(OC(C)=O)c(C)c4c(c3[C@H](COC1=O)N1C(C#N)Cc3cc(C)c(OC)c(O)c3[C@@H](N(C)C)[C@H]21)OCO4. The molecule has 6 aliphatic rings. The summed E-state index contributed by atoms with van der Waals surface area (Å²) in [6.07, 6.45) is 0.823. The minimum atomic E-state index is -1.41. The Kier molecular flexibility index (Phi) is 9.67. The molecular weight excluding hydrogens is 777 g/mol. The van der Waals surface area contributed by atoms with Gasteiger partial charge in [0.25, 0.3) is 0 Å². The predicted octanol–water partition coefficient (Wildman–Crippen LogP) is 4.34. The van der Waals surface area contributed by atoms with Crippen molar-refractivity contribution in [3.8, 4) is 40.6 Å². The number of phenolic OH excluding ortho intramolecular Hbond substituents is 1. The normalized spacial score (nSPS) is 26.9. The number of likely N-dealkylation sites (N-methyl/N-ethyl adjacent to an activating group) is 1. The van der Waals surface area contributed by atoms with E-state index in [4.69, 9.17) is 34.2 Å². The van der Waals surface area contributed by atoms with Crippen molar-refractivity contribution < 1.29 is 43.1 Å². The fourth-order valence-corrected chi connectivity index (χ4v) is 12.0. The van der Waals surface area contributed by atoms with Crippen molar-refractivity contribution in [3.63, 3.8) is 0 Å². The van der Waals surface area contributed by atoms with Crippen molar-refractivity contribution in [3.05, 3.63) is 68.9 Å². The molecule has 0 aliphatic carbocycles. The second-order valence-corrected chi connectivity index (χ2v) is 17.3. The Morgan fingerprint density at radius 1 is 1.10 bits per heavy atom. The Hall–Kier alpha value is -5.18. The number of nitrogens with two attached hydrogens (primary N) is 1. The molecule has 10 rings (SSSR count). The van der Waals surface area contributed by atoms with Crippen molar-refractivity contribution in [2.24, 2.45) is 5.73 Å². The van der Waals surface area contributed by atoms with Gasteiger partial charge in [0.15, 0.2) is 28.5 Å². The molecule has 2 bridgehead atoms. The van der Waals surface area contributed by atoms with Crippen LogP contribution in [-0.4, -0.2) is 104 Å². The zero-order valence-corrected chi connectivity index (χ0v) is 34.9. The summed E-state index contributed by atoms with van der Waals surface area (Å²) in [7, 11) is 7.05. The van der Waals surface area contributed by atoms with E-state index in [1.165, 1.54) is 25.8 Å². The largest absolute Gasteiger partial charge is 0.504 e. The third-order valence-electron chi connectivity index (χ3n) is 12.7. The van der Waals surface area contributed by atoms with Crippen LogP contribution < -0.4 is 34.7 Å². The van der Waals surface area contributed by atoms with E-state index in [1.54, 1.807) is 7.11 Å². The number of nitrogens with zero attached hydrogens (tertiary/aromatic N) is 3. The molecule has 1 unspecified atom stereocenters. The molecule has 15 nitrogen and oxygen atoms in total. The highest BCUT2D eigenvalue weighted by molar-refractivity contribution is 7.99. The van der Waals surface area contributed by atoms with E-state index in [1.807, 2.05) is 57.1 Å². The topological polar surface area (TPSA) is 194 Å². The monoisotopic (exact) mass is 824 g/mol. The molecule has 1 aromatic heterocycles. The number of carbonyl (C=O) groups is 2. The Bertz CT molecular complexity index is 2460. The van der Waals surface area contributed by atoms with Gasteiger partial charge >= 0.3 is 11.9 Å². The number of aryl methyl sites for hydroxylation is 1. The van der Waals surface area contributed by atoms with Crippen LogP contribution in [0.25, 0.3) is 10.9 Å². The number of aromatic amines is 1. The fourth-order valence-electron chi connectivity index (χ4n) is 10.4. The number of nitriles is 1. The highest BCUT2D eigenvalue weighted by Crippen LogP contribution is 2.63. The van der Waals surface area contributed by atoms with Crippen LogP contribution in [0.15, 0.2) is 24.3 Å². The third kappa shape index (κ3) is 5.77. The first kappa shape index (κ1) is 39.3. The van der Waals surface area contributed by atoms with Gasteiger partial charge in [-0.3, -0.25) is 15.0 Å². The Balaban J connectivity index is 1.34. The van der Waals surface area contributed by atoms with Crippen LogP contribution in [0.2, 0.25) is 0 Å². The minimum Gasteiger partial charge on any atom is -0.504 e. The highest BCUT2D eigenvalue weighted by atomic mass is 32.2. The fraction of sp³-hybridized carbons (Fsp3) is 0.465. The van der Waals surface area contributed by atoms with Gasteiger partial charge in [-0.1, -0.05) is 6.07 Å². The molecule has 0 amide bonds. The van der Waals surface area contributed by atoms with E-state index >= 15 is 4.79 Å². The van der Waals surface area contributed by atoms with E-state index in [9.17, 15) is 15.2 Å². The predicted molar refractivity (Wildman–Crippen MR) is 218 cm³/mol. The van der Waals surface area contributed by atoms with Crippen LogP contribution in [0.4, 0.5) is 0 Å². The number of ether oxygens (including phenoxy) is 6. The summed E-state index contributed by atoms with van der Waals surface area (Å²) in [5, 5.41) is 27.3. The lowest BCUT2D eigenvalue weighted by molar-refractivity contribution is -0.155. The molecule has 310 valence electrons. The molecule has 16 heteroatoms.